The van der Waals surface area contributed by atoms with Gasteiger partial charge < -0.3 is 20.1 Å². The van der Waals surface area contributed by atoms with Gasteiger partial charge in [-0.15, -0.1) is 24.0 Å². The summed E-state index contributed by atoms with van der Waals surface area (Å²) in [4.78, 5) is 4.70. The Labute approximate surface area is 169 Å². The van der Waals surface area contributed by atoms with Gasteiger partial charge in [-0.05, 0) is 37.8 Å². The van der Waals surface area contributed by atoms with Crippen molar-refractivity contribution in [3.05, 3.63) is 29.3 Å². The highest BCUT2D eigenvalue weighted by Crippen LogP contribution is 2.31. The van der Waals surface area contributed by atoms with Gasteiger partial charge in [0, 0.05) is 25.8 Å². The molecule has 6 heteroatoms. The normalized spacial score (nSPS) is 14.0. The molecule has 0 amide bonds. The van der Waals surface area contributed by atoms with Crippen LogP contribution in [0.15, 0.2) is 23.2 Å². The molecule has 1 aromatic carbocycles. The molecule has 2 rings (SSSR count). The quantitative estimate of drug-likeness (QED) is 0.243. The third-order valence-corrected chi connectivity index (χ3v) is 4.06. The summed E-state index contributed by atoms with van der Waals surface area (Å²) in [6, 6.07) is 6.25. The second-order valence-corrected chi connectivity index (χ2v) is 6.31. The fourth-order valence-corrected chi connectivity index (χ4v) is 2.47. The van der Waals surface area contributed by atoms with Crippen molar-refractivity contribution in [3.63, 3.8) is 0 Å². The maximum absolute atomic E-state index is 5.84. The molecule has 0 spiro atoms. The van der Waals surface area contributed by atoms with Crippen LogP contribution < -0.4 is 15.4 Å². The van der Waals surface area contributed by atoms with Gasteiger partial charge in [0.1, 0.15) is 12.4 Å². The number of rotatable bonds is 10. The number of benzene rings is 1. The Bertz CT molecular complexity index is 533. The molecule has 1 aliphatic carbocycles. The van der Waals surface area contributed by atoms with Gasteiger partial charge in [-0.2, -0.15) is 0 Å². The van der Waals surface area contributed by atoms with Crippen molar-refractivity contribution in [3.8, 4) is 5.75 Å². The number of halogens is 1. The topological polar surface area (TPSA) is 54.9 Å². The lowest BCUT2D eigenvalue weighted by molar-refractivity contribution is 0.145. The Morgan fingerprint density at radius 3 is 2.72 bits per heavy atom. The Hall–Kier alpha value is -1.02. The number of hydrogen-bond acceptors (Lipinski definition) is 3. The molecule has 5 nitrogen and oxygen atoms in total. The standard InChI is InChI=1S/C19H31N3O2.HI/c1-4-20-19(21-10-9-16-6-7-16)22-14-17-8-5-15(2)13-18(17)24-12-11-23-3;/h5,8,13,16H,4,6-7,9-12,14H2,1-3H3,(H2,20,21,22);1H. The third kappa shape index (κ3) is 8.76. The van der Waals surface area contributed by atoms with Gasteiger partial charge in [0.05, 0.1) is 13.2 Å². The fourth-order valence-electron chi connectivity index (χ4n) is 2.47. The average molecular weight is 461 g/mol. The van der Waals surface area contributed by atoms with E-state index in [2.05, 4.69) is 42.7 Å². The molecule has 1 aliphatic rings. The third-order valence-electron chi connectivity index (χ3n) is 4.06. The van der Waals surface area contributed by atoms with Gasteiger partial charge in [0.15, 0.2) is 5.96 Å². The minimum absolute atomic E-state index is 0. The van der Waals surface area contributed by atoms with Crippen LogP contribution in [0.1, 0.15) is 37.3 Å². The highest BCUT2D eigenvalue weighted by atomic mass is 127. The predicted molar refractivity (Wildman–Crippen MR) is 114 cm³/mol. The van der Waals surface area contributed by atoms with Gasteiger partial charge >= 0.3 is 0 Å². The lowest BCUT2D eigenvalue weighted by atomic mass is 10.1. The average Bonchev–Trinajstić information content (AvgIpc) is 3.38. The Morgan fingerprint density at radius 2 is 2.04 bits per heavy atom. The molecule has 0 radical (unpaired) electrons. The number of ether oxygens (including phenoxy) is 2. The van der Waals surface area contributed by atoms with Crippen LogP contribution in [0.5, 0.6) is 5.75 Å². The van der Waals surface area contributed by atoms with Crippen LogP contribution in [0.3, 0.4) is 0 Å². The molecule has 0 unspecified atom stereocenters. The minimum Gasteiger partial charge on any atom is -0.491 e. The van der Waals surface area contributed by atoms with Gasteiger partial charge in [-0.3, -0.25) is 0 Å². The van der Waals surface area contributed by atoms with Crippen molar-refractivity contribution in [2.75, 3.05) is 33.4 Å². The van der Waals surface area contributed by atoms with E-state index < -0.39 is 0 Å². The molecule has 1 fully saturated rings. The maximum Gasteiger partial charge on any atom is 0.191 e. The van der Waals surface area contributed by atoms with E-state index in [1.54, 1.807) is 7.11 Å². The van der Waals surface area contributed by atoms with Crippen molar-refractivity contribution < 1.29 is 9.47 Å². The van der Waals surface area contributed by atoms with E-state index in [1.165, 1.54) is 24.8 Å². The lowest BCUT2D eigenvalue weighted by Crippen LogP contribution is -2.37. The number of aliphatic imine (C=N–C) groups is 1. The van der Waals surface area contributed by atoms with Gasteiger partial charge in [0.2, 0.25) is 0 Å². The Balaban J connectivity index is 0.00000312. The van der Waals surface area contributed by atoms with Crippen molar-refractivity contribution in [1.82, 2.24) is 10.6 Å². The molecular formula is C19H32IN3O2. The van der Waals surface area contributed by atoms with Crippen molar-refractivity contribution >= 4 is 29.9 Å². The molecule has 142 valence electrons. The first-order valence-corrected chi connectivity index (χ1v) is 8.96. The van der Waals surface area contributed by atoms with Crippen LogP contribution in [-0.4, -0.2) is 39.4 Å². The first-order chi connectivity index (χ1) is 11.7. The summed E-state index contributed by atoms with van der Waals surface area (Å²) >= 11 is 0. The van der Waals surface area contributed by atoms with Crippen LogP contribution in [0.4, 0.5) is 0 Å². The summed E-state index contributed by atoms with van der Waals surface area (Å²) < 4.78 is 10.9. The van der Waals surface area contributed by atoms with Crippen LogP contribution in [0.2, 0.25) is 0 Å². The molecule has 0 heterocycles. The number of guanidine groups is 1. The van der Waals surface area contributed by atoms with Crippen LogP contribution in [0.25, 0.3) is 0 Å². The van der Waals surface area contributed by atoms with Crippen LogP contribution >= 0.6 is 24.0 Å². The maximum atomic E-state index is 5.84. The van der Waals surface area contributed by atoms with Crippen LogP contribution in [-0.2, 0) is 11.3 Å². The summed E-state index contributed by atoms with van der Waals surface area (Å²) in [7, 11) is 1.68. The van der Waals surface area contributed by atoms with E-state index in [4.69, 9.17) is 14.5 Å². The SMILES string of the molecule is CCNC(=NCc1ccc(C)cc1OCCOC)NCCC1CC1.I. The smallest absolute Gasteiger partial charge is 0.191 e. The van der Waals surface area contributed by atoms with Gasteiger partial charge in [-0.25, -0.2) is 4.99 Å². The molecule has 1 aromatic rings. The number of nitrogens with zero attached hydrogens (tertiary/aromatic N) is 1. The molecule has 0 aromatic heterocycles. The number of hydrogen-bond donors (Lipinski definition) is 2. The molecule has 0 atom stereocenters. The molecule has 1 saturated carbocycles. The second kappa shape index (κ2) is 12.4. The summed E-state index contributed by atoms with van der Waals surface area (Å²) in [5, 5.41) is 6.73. The molecule has 2 N–H and O–H groups in total. The van der Waals surface area contributed by atoms with E-state index in [0.29, 0.717) is 19.8 Å². The zero-order chi connectivity index (χ0) is 17.2. The fraction of sp³-hybridized carbons (Fsp3) is 0.632. The Kier molecular flexibility index (Phi) is 10.9. The summed E-state index contributed by atoms with van der Waals surface area (Å²) in [5.41, 5.74) is 2.28. The summed E-state index contributed by atoms with van der Waals surface area (Å²) in [6.07, 6.45) is 4.02. The summed E-state index contributed by atoms with van der Waals surface area (Å²) in [5.74, 6) is 2.70. The molecule has 0 saturated heterocycles. The number of aryl methyl sites for hydroxylation is 1. The van der Waals surface area contributed by atoms with Gasteiger partial charge in [-0.1, -0.05) is 25.0 Å². The molecule has 0 bridgehead atoms. The van der Waals surface area contributed by atoms with E-state index in [-0.39, 0.29) is 24.0 Å². The number of methoxy groups -OCH3 is 1. The van der Waals surface area contributed by atoms with Crippen molar-refractivity contribution in [2.24, 2.45) is 10.9 Å². The highest BCUT2D eigenvalue weighted by molar-refractivity contribution is 14.0. The highest BCUT2D eigenvalue weighted by Gasteiger charge is 2.20. The zero-order valence-corrected chi connectivity index (χ0v) is 18.0. The predicted octanol–water partition coefficient (Wildman–Crippen LogP) is 3.49. The van der Waals surface area contributed by atoms with Gasteiger partial charge in [0.25, 0.3) is 0 Å². The number of nitrogens with one attached hydrogen (secondary N) is 2. The first-order valence-electron chi connectivity index (χ1n) is 8.96. The monoisotopic (exact) mass is 461 g/mol. The van der Waals surface area contributed by atoms with E-state index in [1.807, 2.05) is 0 Å². The van der Waals surface area contributed by atoms with Crippen LogP contribution in [0, 0.1) is 12.8 Å². The minimum atomic E-state index is 0. The molecule has 25 heavy (non-hydrogen) atoms. The van der Waals surface area contributed by atoms with Crippen molar-refractivity contribution in [2.45, 2.75) is 39.7 Å². The summed E-state index contributed by atoms with van der Waals surface area (Å²) in [6.45, 7) is 7.74. The lowest BCUT2D eigenvalue weighted by Gasteiger charge is -2.13. The molecular weight excluding hydrogens is 429 g/mol. The zero-order valence-electron chi connectivity index (χ0n) is 15.6. The first kappa shape index (κ1) is 22.0. The van der Waals surface area contributed by atoms with E-state index in [0.717, 1.165) is 36.3 Å². The van der Waals surface area contributed by atoms with Crippen molar-refractivity contribution in [1.29, 1.82) is 0 Å². The largest absolute Gasteiger partial charge is 0.491 e. The molecule has 0 aliphatic heterocycles. The second-order valence-electron chi connectivity index (χ2n) is 6.31. The van der Waals surface area contributed by atoms with E-state index in [9.17, 15) is 0 Å². The van der Waals surface area contributed by atoms with E-state index >= 15 is 0 Å². The Morgan fingerprint density at radius 1 is 1.24 bits per heavy atom.